The number of carbonyl (C=O) groups excluding carboxylic acids is 2. The molecule has 0 heterocycles. The van der Waals surface area contributed by atoms with E-state index in [9.17, 15) is 9.59 Å². The lowest BCUT2D eigenvalue weighted by atomic mass is 10.1. The van der Waals surface area contributed by atoms with Gasteiger partial charge in [0.15, 0.2) is 0 Å². The molecule has 0 saturated carbocycles. The molecule has 0 aromatic heterocycles. The Labute approximate surface area is 94.6 Å². The second kappa shape index (κ2) is 5.90. The van der Waals surface area contributed by atoms with Crippen LogP contribution in [-0.4, -0.2) is 25.0 Å². The van der Waals surface area contributed by atoms with Crippen LogP contribution in [0.2, 0.25) is 0 Å². The van der Waals surface area contributed by atoms with Crippen molar-refractivity contribution in [3.05, 3.63) is 49.2 Å². The minimum Gasteiger partial charge on any atom is -0.462 e. The van der Waals surface area contributed by atoms with Gasteiger partial charge in [0.2, 0.25) is 0 Å². The van der Waals surface area contributed by atoms with Crippen LogP contribution >= 0.6 is 0 Å². The third-order valence-corrected chi connectivity index (χ3v) is 1.86. The smallest absolute Gasteiger partial charge is 0.338 e. The normalized spacial score (nSPS) is 9.62. The van der Waals surface area contributed by atoms with Crippen LogP contribution in [0.15, 0.2) is 24.3 Å². The van der Waals surface area contributed by atoms with Crippen molar-refractivity contribution < 1.29 is 14.3 Å². The van der Waals surface area contributed by atoms with E-state index in [0.29, 0.717) is 11.1 Å². The molecule has 0 unspecified atom stereocenters. The summed E-state index contributed by atoms with van der Waals surface area (Å²) < 4.78 is 4.59. The standard InChI is InChI=1S/C12H11NO3/c1-3-13-11(14)9-5-7-10(8-6-9)12(15)16-4-2/h1-2,5-8H,3-4H2,(H,13,14). The van der Waals surface area contributed by atoms with Gasteiger partial charge in [-0.2, -0.15) is 0 Å². The minimum atomic E-state index is -0.520. The lowest BCUT2D eigenvalue weighted by Crippen LogP contribution is -2.22. The van der Waals surface area contributed by atoms with Gasteiger partial charge in [0.05, 0.1) is 12.2 Å². The highest BCUT2D eigenvalue weighted by molar-refractivity contribution is 5.96. The summed E-state index contributed by atoms with van der Waals surface area (Å²) in [5.74, 6) is -0.811. The Morgan fingerprint density at radius 2 is 1.69 bits per heavy atom. The molecule has 16 heavy (non-hydrogen) atoms. The maximum Gasteiger partial charge on any atom is 0.338 e. The highest BCUT2D eigenvalue weighted by Gasteiger charge is 2.08. The van der Waals surface area contributed by atoms with Crippen molar-refractivity contribution in [3.8, 4) is 0 Å². The van der Waals surface area contributed by atoms with Crippen LogP contribution < -0.4 is 5.32 Å². The number of esters is 1. The highest BCUT2D eigenvalue weighted by atomic mass is 16.5. The summed E-state index contributed by atoms with van der Waals surface area (Å²) in [5, 5.41) is 2.44. The molecule has 4 nitrogen and oxygen atoms in total. The van der Waals surface area contributed by atoms with Gasteiger partial charge in [0.1, 0.15) is 0 Å². The molecule has 82 valence electrons. The van der Waals surface area contributed by atoms with E-state index >= 15 is 0 Å². The Morgan fingerprint density at radius 3 is 2.19 bits per heavy atom. The van der Waals surface area contributed by atoms with Crippen molar-refractivity contribution in [2.75, 3.05) is 13.2 Å². The Hall–Kier alpha value is -1.84. The molecule has 1 aromatic rings. The lowest BCUT2D eigenvalue weighted by molar-refractivity contribution is 0.0547. The molecule has 0 bridgehead atoms. The molecule has 1 amide bonds. The molecule has 1 rings (SSSR count). The van der Waals surface area contributed by atoms with Crippen molar-refractivity contribution in [2.45, 2.75) is 0 Å². The van der Waals surface area contributed by atoms with Crippen LogP contribution in [0.25, 0.3) is 0 Å². The first-order valence-corrected chi connectivity index (χ1v) is 4.64. The van der Waals surface area contributed by atoms with Crippen molar-refractivity contribution in [1.82, 2.24) is 5.32 Å². The average molecular weight is 217 g/mol. The van der Waals surface area contributed by atoms with Gasteiger partial charge < -0.3 is 10.1 Å². The molecule has 0 fully saturated rings. The second-order valence-electron chi connectivity index (χ2n) is 2.89. The van der Waals surface area contributed by atoms with Crippen molar-refractivity contribution >= 4 is 11.9 Å². The van der Waals surface area contributed by atoms with Crippen LogP contribution in [0.5, 0.6) is 0 Å². The Kier molecular flexibility index (Phi) is 4.51. The van der Waals surface area contributed by atoms with E-state index < -0.39 is 5.97 Å². The lowest BCUT2D eigenvalue weighted by Gasteiger charge is -2.04. The van der Waals surface area contributed by atoms with E-state index in [4.69, 9.17) is 13.8 Å². The summed E-state index contributed by atoms with van der Waals surface area (Å²) >= 11 is 0. The fraction of sp³-hybridized carbons (Fsp3) is 0.167. The molecule has 0 spiro atoms. The fourth-order valence-electron chi connectivity index (χ4n) is 1.11. The van der Waals surface area contributed by atoms with Gasteiger partial charge in [-0.05, 0) is 31.2 Å². The van der Waals surface area contributed by atoms with Gasteiger partial charge >= 0.3 is 5.97 Å². The van der Waals surface area contributed by atoms with Gasteiger partial charge in [-0.15, -0.1) is 0 Å². The first kappa shape index (κ1) is 12.2. The first-order valence-electron chi connectivity index (χ1n) is 4.64. The van der Waals surface area contributed by atoms with Crippen LogP contribution in [0, 0.1) is 13.8 Å². The maximum atomic E-state index is 11.3. The largest absolute Gasteiger partial charge is 0.462 e. The number of nitrogens with one attached hydrogen (secondary N) is 1. The van der Waals surface area contributed by atoms with E-state index in [1.54, 1.807) is 0 Å². The number of hydrogen-bond acceptors (Lipinski definition) is 3. The molecule has 0 saturated heterocycles. The quantitative estimate of drug-likeness (QED) is 0.765. The van der Waals surface area contributed by atoms with E-state index in [0.717, 1.165) is 0 Å². The molecule has 0 atom stereocenters. The van der Waals surface area contributed by atoms with E-state index in [-0.39, 0.29) is 19.1 Å². The van der Waals surface area contributed by atoms with Gasteiger partial charge in [-0.1, -0.05) is 0 Å². The predicted octanol–water partition coefficient (Wildman–Crippen LogP) is 0.995. The Morgan fingerprint density at radius 1 is 1.12 bits per heavy atom. The van der Waals surface area contributed by atoms with Gasteiger partial charge in [-0.3, -0.25) is 4.79 Å². The maximum absolute atomic E-state index is 11.3. The molecule has 1 aromatic carbocycles. The second-order valence-corrected chi connectivity index (χ2v) is 2.89. The number of benzene rings is 1. The third-order valence-electron chi connectivity index (χ3n) is 1.86. The molecule has 0 aliphatic carbocycles. The van der Waals surface area contributed by atoms with Gasteiger partial charge in [0, 0.05) is 19.0 Å². The van der Waals surface area contributed by atoms with Crippen molar-refractivity contribution in [1.29, 1.82) is 0 Å². The molecule has 4 heteroatoms. The van der Waals surface area contributed by atoms with Gasteiger partial charge in [0.25, 0.3) is 5.91 Å². The summed E-state index contributed by atoms with van der Waals surface area (Å²) in [6.45, 7) is 10.1. The van der Waals surface area contributed by atoms with E-state index in [1.165, 1.54) is 24.3 Å². The molecule has 0 aliphatic rings. The Balaban J connectivity index is 2.75. The van der Waals surface area contributed by atoms with Gasteiger partial charge in [-0.25, -0.2) is 4.79 Å². The minimum absolute atomic E-state index is 0.0653. The van der Waals surface area contributed by atoms with Crippen LogP contribution in [0.1, 0.15) is 20.7 Å². The van der Waals surface area contributed by atoms with Crippen LogP contribution in [0.4, 0.5) is 0 Å². The fourth-order valence-corrected chi connectivity index (χ4v) is 1.11. The summed E-state index contributed by atoms with van der Waals surface area (Å²) in [7, 11) is 0. The van der Waals surface area contributed by atoms with E-state index in [2.05, 4.69) is 10.1 Å². The number of hydrogen-bond donors (Lipinski definition) is 1. The zero-order chi connectivity index (χ0) is 12.0. The summed E-state index contributed by atoms with van der Waals surface area (Å²) in [6.07, 6.45) is 0. The SMILES string of the molecule is [CH]CNC(=O)c1ccc(C(=O)OC[CH])cc1. The predicted molar refractivity (Wildman–Crippen MR) is 57.7 cm³/mol. The number of amides is 1. The summed E-state index contributed by atoms with van der Waals surface area (Å²) in [5.41, 5.74) is 0.768. The molecular weight excluding hydrogens is 206 g/mol. The molecule has 0 aliphatic heterocycles. The van der Waals surface area contributed by atoms with E-state index in [1.807, 2.05) is 0 Å². The number of ether oxygens (including phenoxy) is 1. The molecule has 1 N–H and O–H groups in total. The average Bonchev–Trinajstić information content (AvgIpc) is 2.30. The van der Waals surface area contributed by atoms with Crippen molar-refractivity contribution in [2.24, 2.45) is 0 Å². The van der Waals surface area contributed by atoms with Crippen LogP contribution in [-0.2, 0) is 4.74 Å². The zero-order valence-corrected chi connectivity index (χ0v) is 8.60. The number of carbonyl (C=O) groups is 2. The Bertz CT molecular complexity index is 333. The highest BCUT2D eigenvalue weighted by Crippen LogP contribution is 2.05. The molecule has 4 radical (unpaired) electrons. The third kappa shape index (κ3) is 3.08. The topological polar surface area (TPSA) is 55.4 Å². The number of rotatable bonds is 4. The summed E-state index contributed by atoms with van der Waals surface area (Å²) in [6, 6.07) is 6.00. The first-order chi connectivity index (χ1) is 7.69. The zero-order valence-electron chi connectivity index (χ0n) is 8.60. The van der Waals surface area contributed by atoms with Crippen LogP contribution in [0.3, 0.4) is 0 Å². The summed E-state index contributed by atoms with van der Waals surface area (Å²) in [4.78, 5) is 22.6. The van der Waals surface area contributed by atoms with Crippen molar-refractivity contribution in [3.63, 3.8) is 0 Å². The monoisotopic (exact) mass is 217 g/mol. The molecular formula is C12H11NO3.